The second-order valence-corrected chi connectivity index (χ2v) is 4.45. The minimum Gasteiger partial charge on any atom is -0.490 e. The Morgan fingerprint density at radius 2 is 2.29 bits per heavy atom. The summed E-state index contributed by atoms with van der Waals surface area (Å²) < 4.78 is 11.1. The third kappa shape index (κ3) is 2.42. The molecule has 1 aromatic carbocycles. The Hall–Kier alpha value is -1.55. The predicted octanol–water partition coefficient (Wildman–Crippen LogP) is 2.35. The van der Waals surface area contributed by atoms with E-state index in [1.807, 2.05) is 18.2 Å². The second-order valence-electron chi connectivity index (χ2n) is 4.45. The molecule has 0 radical (unpaired) electrons. The molecule has 1 aromatic heterocycles. The van der Waals surface area contributed by atoms with Gasteiger partial charge < -0.3 is 14.6 Å². The monoisotopic (exact) mass is 232 g/mol. The van der Waals surface area contributed by atoms with Gasteiger partial charge in [-0.2, -0.15) is 0 Å². The molecule has 0 bridgehead atoms. The number of aromatic nitrogens is 1. The van der Waals surface area contributed by atoms with Crippen molar-refractivity contribution < 1.29 is 9.26 Å². The number of ether oxygens (including phenoxy) is 1. The number of hydrogen-bond acceptors (Lipinski definition) is 4. The highest BCUT2D eigenvalue weighted by Crippen LogP contribution is 2.23. The molecule has 0 amide bonds. The van der Waals surface area contributed by atoms with E-state index in [9.17, 15) is 0 Å². The average molecular weight is 232 g/mol. The largest absolute Gasteiger partial charge is 0.490 e. The zero-order chi connectivity index (χ0) is 11.5. The van der Waals surface area contributed by atoms with Crippen molar-refractivity contribution in [2.24, 2.45) is 0 Å². The lowest BCUT2D eigenvalue weighted by atomic mass is 10.1. The minimum absolute atomic E-state index is 0.322. The van der Waals surface area contributed by atoms with Crippen LogP contribution in [0, 0.1) is 0 Å². The highest BCUT2D eigenvalue weighted by atomic mass is 16.5. The van der Waals surface area contributed by atoms with Crippen LogP contribution in [0.15, 0.2) is 28.9 Å². The van der Waals surface area contributed by atoms with Gasteiger partial charge in [0.25, 0.3) is 0 Å². The molecule has 1 atom stereocenters. The summed E-state index contributed by atoms with van der Waals surface area (Å²) in [6.07, 6.45) is 5.41. The van der Waals surface area contributed by atoms with Crippen molar-refractivity contribution in [1.82, 2.24) is 10.5 Å². The average Bonchev–Trinajstić information content (AvgIpc) is 2.65. The molecule has 4 nitrogen and oxygen atoms in total. The van der Waals surface area contributed by atoms with Crippen LogP contribution in [0.2, 0.25) is 0 Å². The van der Waals surface area contributed by atoms with E-state index in [-0.39, 0.29) is 0 Å². The van der Waals surface area contributed by atoms with Gasteiger partial charge in [0.15, 0.2) is 5.58 Å². The smallest absolute Gasteiger partial charge is 0.167 e. The molecule has 0 spiro atoms. The number of hydrogen-bond donors (Lipinski definition) is 1. The zero-order valence-electron chi connectivity index (χ0n) is 9.69. The van der Waals surface area contributed by atoms with Crippen LogP contribution in [-0.4, -0.2) is 24.4 Å². The second kappa shape index (κ2) is 4.75. The highest BCUT2D eigenvalue weighted by Gasteiger charge is 2.13. The molecule has 1 unspecified atom stereocenters. The van der Waals surface area contributed by atoms with E-state index in [4.69, 9.17) is 9.26 Å². The fourth-order valence-electron chi connectivity index (χ4n) is 2.22. The van der Waals surface area contributed by atoms with Gasteiger partial charge in [-0.15, -0.1) is 0 Å². The van der Waals surface area contributed by atoms with Crippen LogP contribution in [0.25, 0.3) is 11.0 Å². The van der Waals surface area contributed by atoms with Crippen molar-refractivity contribution in [1.29, 1.82) is 0 Å². The van der Waals surface area contributed by atoms with E-state index >= 15 is 0 Å². The van der Waals surface area contributed by atoms with Gasteiger partial charge >= 0.3 is 0 Å². The quantitative estimate of drug-likeness (QED) is 0.863. The predicted molar refractivity (Wildman–Crippen MR) is 65.1 cm³/mol. The number of nitrogens with zero attached hydrogens (tertiary/aromatic N) is 1. The van der Waals surface area contributed by atoms with Crippen LogP contribution < -0.4 is 10.1 Å². The number of rotatable bonds is 2. The van der Waals surface area contributed by atoms with Gasteiger partial charge in [0.1, 0.15) is 5.75 Å². The van der Waals surface area contributed by atoms with Gasteiger partial charge in [-0.1, -0.05) is 5.16 Å². The molecular formula is C13H16N2O2. The topological polar surface area (TPSA) is 47.3 Å². The van der Waals surface area contributed by atoms with Crippen molar-refractivity contribution >= 4 is 11.0 Å². The lowest BCUT2D eigenvalue weighted by molar-refractivity contribution is 0.188. The first-order valence-corrected chi connectivity index (χ1v) is 6.14. The van der Waals surface area contributed by atoms with Crippen LogP contribution >= 0.6 is 0 Å². The van der Waals surface area contributed by atoms with Crippen molar-refractivity contribution in [3.05, 3.63) is 24.4 Å². The molecule has 90 valence electrons. The summed E-state index contributed by atoms with van der Waals surface area (Å²) in [6, 6.07) is 5.85. The molecule has 0 saturated carbocycles. The summed E-state index contributed by atoms with van der Waals surface area (Å²) in [7, 11) is 0. The number of nitrogens with one attached hydrogen (secondary N) is 1. The summed E-state index contributed by atoms with van der Waals surface area (Å²) in [5.74, 6) is 0.910. The normalized spacial score (nSPS) is 21.3. The molecule has 1 N–H and O–H groups in total. The van der Waals surface area contributed by atoms with Crippen LogP contribution in [0.3, 0.4) is 0 Å². The van der Waals surface area contributed by atoms with E-state index in [2.05, 4.69) is 10.5 Å². The van der Waals surface area contributed by atoms with E-state index in [1.165, 1.54) is 6.42 Å². The molecule has 1 aliphatic heterocycles. The van der Waals surface area contributed by atoms with Gasteiger partial charge in [0.05, 0.1) is 12.3 Å². The van der Waals surface area contributed by atoms with Crippen molar-refractivity contribution in [3.63, 3.8) is 0 Å². The SMILES string of the molecule is c1cc2oncc2cc1OC1CCCNCC1. The van der Waals surface area contributed by atoms with Crippen molar-refractivity contribution in [2.45, 2.75) is 25.4 Å². The fourth-order valence-corrected chi connectivity index (χ4v) is 2.22. The van der Waals surface area contributed by atoms with E-state index in [1.54, 1.807) is 6.20 Å². The third-order valence-corrected chi connectivity index (χ3v) is 3.15. The first-order chi connectivity index (χ1) is 8.42. The first-order valence-electron chi connectivity index (χ1n) is 6.14. The Labute approximate surface area is 99.9 Å². The van der Waals surface area contributed by atoms with Gasteiger partial charge in [-0.05, 0) is 50.6 Å². The summed E-state index contributed by atoms with van der Waals surface area (Å²) >= 11 is 0. The standard InChI is InChI=1S/C13H16N2O2/c1-2-11(5-7-14-6-1)16-12-3-4-13-10(8-12)9-15-17-13/h3-4,8-9,11,14H,1-2,5-7H2. The van der Waals surface area contributed by atoms with Crippen molar-refractivity contribution in [3.8, 4) is 5.75 Å². The molecule has 2 aromatic rings. The fraction of sp³-hybridized carbons (Fsp3) is 0.462. The lowest BCUT2D eigenvalue weighted by Crippen LogP contribution is -2.19. The molecule has 1 fully saturated rings. The maximum absolute atomic E-state index is 6.00. The van der Waals surface area contributed by atoms with Crippen LogP contribution in [-0.2, 0) is 0 Å². The van der Waals surface area contributed by atoms with Crippen LogP contribution in [0.1, 0.15) is 19.3 Å². The molecule has 17 heavy (non-hydrogen) atoms. The van der Waals surface area contributed by atoms with Crippen LogP contribution in [0.4, 0.5) is 0 Å². The van der Waals surface area contributed by atoms with Crippen LogP contribution in [0.5, 0.6) is 5.75 Å². The lowest BCUT2D eigenvalue weighted by Gasteiger charge is -2.16. The molecule has 4 heteroatoms. The van der Waals surface area contributed by atoms with E-state index < -0.39 is 0 Å². The molecule has 0 aliphatic carbocycles. The minimum atomic E-state index is 0.322. The number of benzene rings is 1. The van der Waals surface area contributed by atoms with Gasteiger partial charge in [-0.3, -0.25) is 0 Å². The van der Waals surface area contributed by atoms with E-state index in [0.717, 1.165) is 42.6 Å². The summed E-state index contributed by atoms with van der Waals surface area (Å²) in [6.45, 7) is 2.14. The van der Waals surface area contributed by atoms with Gasteiger partial charge in [0.2, 0.25) is 0 Å². The highest BCUT2D eigenvalue weighted by molar-refractivity contribution is 5.77. The molecule has 3 rings (SSSR count). The van der Waals surface area contributed by atoms with E-state index in [0.29, 0.717) is 6.10 Å². The number of fused-ring (bicyclic) bond motifs is 1. The summed E-state index contributed by atoms with van der Waals surface area (Å²) in [5.41, 5.74) is 0.805. The summed E-state index contributed by atoms with van der Waals surface area (Å²) in [4.78, 5) is 0. The zero-order valence-corrected chi connectivity index (χ0v) is 9.69. The van der Waals surface area contributed by atoms with Crippen molar-refractivity contribution in [2.75, 3.05) is 13.1 Å². The Kier molecular flexibility index (Phi) is 2.96. The Morgan fingerprint density at radius 1 is 1.29 bits per heavy atom. The molecule has 1 saturated heterocycles. The van der Waals surface area contributed by atoms with Gasteiger partial charge in [-0.25, -0.2) is 0 Å². The van der Waals surface area contributed by atoms with Gasteiger partial charge in [0, 0.05) is 5.39 Å². The molecule has 1 aliphatic rings. The maximum Gasteiger partial charge on any atom is 0.167 e. The summed E-state index contributed by atoms with van der Waals surface area (Å²) in [5, 5.41) is 8.14. The Bertz CT molecular complexity index is 487. The third-order valence-electron chi connectivity index (χ3n) is 3.15. The molecule has 2 heterocycles. The first kappa shape index (κ1) is 10.6. The molecular weight excluding hydrogens is 216 g/mol. The Morgan fingerprint density at radius 3 is 3.29 bits per heavy atom. The Balaban J connectivity index is 1.74. The maximum atomic E-state index is 6.00.